The van der Waals surface area contributed by atoms with E-state index in [1.807, 2.05) is 18.2 Å². The van der Waals surface area contributed by atoms with Crippen molar-refractivity contribution in [2.24, 2.45) is 5.92 Å². The summed E-state index contributed by atoms with van der Waals surface area (Å²) in [4.78, 5) is 15.4. The van der Waals surface area contributed by atoms with Crippen LogP contribution in [0.15, 0.2) is 53.4 Å². The molecule has 34 heavy (non-hydrogen) atoms. The molecule has 0 aromatic heterocycles. The maximum atomic E-state index is 12.5. The van der Waals surface area contributed by atoms with Crippen molar-refractivity contribution in [3.8, 4) is 11.8 Å². The van der Waals surface area contributed by atoms with Gasteiger partial charge in [0, 0.05) is 45.6 Å². The normalized spacial score (nSPS) is 18.4. The molecular weight excluding hydrogens is 450 g/mol. The largest absolute Gasteiger partial charge is 0.493 e. The SMILES string of the molecule is CC(=O)N(C)CCS(=O)(=O)c1ccc(OCC2CC(C)N(CCc3cccc(C#N)c3)C2)cc1. The first-order chi connectivity index (χ1) is 16.2. The van der Waals surface area contributed by atoms with E-state index >= 15 is 0 Å². The Balaban J connectivity index is 1.47. The van der Waals surface area contributed by atoms with Gasteiger partial charge in [0.2, 0.25) is 5.91 Å². The summed E-state index contributed by atoms with van der Waals surface area (Å²) < 4.78 is 31.0. The maximum absolute atomic E-state index is 12.5. The van der Waals surface area contributed by atoms with E-state index in [0.717, 1.165) is 25.9 Å². The number of benzene rings is 2. The van der Waals surface area contributed by atoms with Crippen LogP contribution in [0.5, 0.6) is 5.75 Å². The molecule has 2 unspecified atom stereocenters. The molecule has 1 amide bonds. The lowest BCUT2D eigenvalue weighted by atomic mass is 10.1. The van der Waals surface area contributed by atoms with E-state index in [4.69, 9.17) is 10.00 Å². The van der Waals surface area contributed by atoms with Crippen LogP contribution in [0.25, 0.3) is 0 Å². The quantitative estimate of drug-likeness (QED) is 0.516. The minimum absolute atomic E-state index is 0.111. The average Bonchev–Trinajstić information content (AvgIpc) is 3.19. The third kappa shape index (κ3) is 7.05. The summed E-state index contributed by atoms with van der Waals surface area (Å²) in [5.41, 5.74) is 1.87. The summed E-state index contributed by atoms with van der Waals surface area (Å²) >= 11 is 0. The molecule has 0 saturated carbocycles. The van der Waals surface area contributed by atoms with Crippen LogP contribution in [-0.4, -0.2) is 69.2 Å². The summed E-state index contributed by atoms with van der Waals surface area (Å²) in [7, 11) is -1.87. The van der Waals surface area contributed by atoms with Crippen molar-refractivity contribution in [2.45, 2.75) is 37.6 Å². The Kier molecular flexibility index (Phi) is 8.70. The predicted molar refractivity (Wildman–Crippen MR) is 131 cm³/mol. The minimum Gasteiger partial charge on any atom is -0.493 e. The molecule has 2 atom stereocenters. The van der Waals surface area contributed by atoms with E-state index in [2.05, 4.69) is 24.0 Å². The Hall–Kier alpha value is -2.89. The molecule has 1 aliphatic rings. The monoisotopic (exact) mass is 483 g/mol. The van der Waals surface area contributed by atoms with Gasteiger partial charge in [-0.15, -0.1) is 0 Å². The highest BCUT2D eigenvalue weighted by Gasteiger charge is 2.29. The standard InChI is InChI=1S/C26H33N3O4S/c1-20-15-24(18-29(20)12-11-22-5-4-6-23(16-22)17-27)19-33-25-7-9-26(10-8-25)34(31,32)14-13-28(3)21(2)30/h4-10,16,20,24H,11-15,18-19H2,1-3H3. The van der Waals surface area contributed by atoms with Crippen molar-refractivity contribution in [3.63, 3.8) is 0 Å². The fourth-order valence-corrected chi connectivity index (χ4v) is 5.51. The van der Waals surface area contributed by atoms with Gasteiger partial charge >= 0.3 is 0 Å². The first-order valence-electron chi connectivity index (χ1n) is 11.6. The van der Waals surface area contributed by atoms with Crippen LogP contribution in [0, 0.1) is 17.2 Å². The van der Waals surface area contributed by atoms with Crippen molar-refractivity contribution in [3.05, 3.63) is 59.7 Å². The van der Waals surface area contributed by atoms with Crippen LogP contribution in [-0.2, 0) is 21.1 Å². The minimum atomic E-state index is -3.46. The first kappa shape index (κ1) is 25.7. The molecule has 0 radical (unpaired) electrons. The number of sulfone groups is 1. The van der Waals surface area contributed by atoms with E-state index in [1.165, 1.54) is 17.4 Å². The van der Waals surface area contributed by atoms with Gasteiger partial charge in [-0.3, -0.25) is 9.69 Å². The lowest BCUT2D eigenvalue weighted by Gasteiger charge is -2.21. The van der Waals surface area contributed by atoms with Gasteiger partial charge in [-0.2, -0.15) is 5.26 Å². The second-order valence-corrected chi connectivity index (χ2v) is 11.2. The number of nitriles is 1. The molecule has 3 rings (SSSR count). The Bertz CT molecular complexity index is 1130. The topological polar surface area (TPSA) is 90.7 Å². The van der Waals surface area contributed by atoms with Gasteiger partial charge in [0.05, 0.1) is 28.9 Å². The van der Waals surface area contributed by atoms with E-state index < -0.39 is 9.84 Å². The van der Waals surface area contributed by atoms with Crippen LogP contribution >= 0.6 is 0 Å². The lowest BCUT2D eigenvalue weighted by Crippen LogP contribution is -2.29. The van der Waals surface area contributed by atoms with Crippen LogP contribution < -0.4 is 4.74 Å². The number of likely N-dealkylation sites (tertiary alicyclic amines) is 1. The average molecular weight is 484 g/mol. The van der Waals surface area contributed by atoms with Crippen LogP contribution in [0.3, 0.4) is 0 Å². The zero-order valence-electron chi connectivity index (χ0n) is 20.1. The molecular formula is C26H33N3O4S. The molecule has 8 heteroatoms. The van der Waals surface area contributed by atoms with Crippen molar-refractivity contribution in [1.29, 1.82) is 5.26 Å². The summed E-state index contributed by atoms with van der Waals surface area (Å²) in [6.45, 7) is 6.29. The second kappa shape index (κ2) is 11.5. The van der Waals surface area contributed by atoms with Gasteiger partial charge in [0.15, 0.2) is 9.84 Å². The molecule has 1 saturated heterocycles. The number of hydrogen-bond acceptors (Lipinski definition) is 6. The number of rotatable bonds is 10. The first-order valence-corrected chi connectivity index (χ1v) is 13.2. The molecule has 1 heterocycles. The zero-order chi connectivity index (χ0) is 24.7. The lowest BCUT2D eigenvalue weighted by molar-refractivity contribution is -0.127. The predicted octanol–water partition coefficient (Wildman–Crippen LogP) is 3.14. The molecule has 2 aromatic carbocycles. The Morgan fingerprint density at radius 3 is 2.65 bits per heavy atom. The van der Waals surface area contributed by atoms with E-state index in [-0.39, 0.29) is 23.1 Å². The smallest absolute Gasteiger partial charge is 0.219 e. The van der Waals surface area contributed by atoms with Gasteiger partial charge in [-0.05, 0) is 61.7 Å². The second-order valence-electron chi connectivity index (χ2n) is 9.05. The number of nitrogens with zero attached hydrogens (tertiary/aromatic N) is 3. The number of carbonyl (C=O) groups is 1. The van der Waals surface area contributed by atoms with E-state index in [9.17, 15) is 13.2 Å². The van der Waals surface area contributed by atoms with E-state index in [0.29, 0.717) is 29.9 Å². The highest BCUT2D eigenvalue weighted by molar-refractivity contribution is 7.91. The van der Waals surface area contributed by atoms with Gasteiger partial charge in [-0.1, -0.05) is 12.1 Å². The van der Waals surface area contributed by atoms with Crippen LogP contribution in [0.2, 0.25) is 0 Å². The summed E-state index contributed by atoms with van der Waals surface area (Å²) in [6.07, 6.45) is 1.96. The van der Waals surface area contributed by atoms with Crippen LogP contribution in [0.4, 0.5) is 0 Å². The van der Waals surface area contributed by atoms with E-state index in [1.54, 1.807) is 31.3 Å². The number of carbonyl (C=O) groups excluding carboxylic acids is 1. The maximum Gasteiger partial charge on any atom is 0.219 e. The fourth-order valence-electron chi connectivity index (χ4n) is 4.21. The van der Waals surface area contributed by atoms with Crippen LogP contribution in [0.1, 0.15) is 31.4 Å². The molecule has 1 fully saturated rings. The molecule has 0 spiro atoms. The molecule has 0 N–H and O–H groups in total. The summed E-state index contributed by atoms with van der Waals surface area (Å²) in [5, 5.41) is 9.07. The van der Waals surface area contributed by atoms with Crippen molar-refractivity contribution in [2.75, 3.05) is 39.0 Å². The number of hydrogen-bond donors (Lipinski definition) is 0. The Morgan fingerprint density at radius 2 is 1.97 bits per heavy atom. The molecule has 1 aliphatic heterocycles. The third-order valence-electron chi connectivity index (χ3n) is 6.44. The highest BCUT2D eigenvalue weighted by atomic mass is 32.2. The van der Waals surface area contributed by atoms with Gasteiger partial charge in [-0.25, -0.2) is 8.42 Å². The zero-order valence-corrected chi connectivity index (χ0v) is 20.9. The summed E-state index contributed by atoms with van der Waals surface area (Å²) in [6, 6.07) is 16.9. The van der Waals surface area contributed by atoms with Gasteiger partial charge in [0.1, 0.15) is 5.75 Å². The third-order valence-corrected chi connectivity index (χ3v) is 8.15. The summed E-state index contributed by atoms with van der Waals surface area (Å²) in [5.74, 6) is 0.789. The molecule has 0 aliphatic carbocycles. The van der Waals surface area contributed by atoms with Gasteiger partial charge < -0.3 is 9.64 Å². The molecule has 182 valence electrons. The molecule has 7 nitrogen and oxygen atoms in total. The Morgan fingerprint density at radius 1 is 1.24 bits per heavy atom. The molecule has 2 aromatic rings. The molecule has 0 bridgehead atoms. The number of amides is 1. The Labute approximate surface area is 202 Å². The van der Waals surface area contributed by atoms with Crippen molar-refractivity contribution >= 4 is 15.7 Å². The fraction of sp³-hybridized carbons (Fsp3) is 0.462. The van der Waals surface area contributed by atoms with Crippen molar-refractivity contribution in [1.82, 2.24) is 9.80 Å². The van der Waals surface area contributed by atoms with Crippen molar-refractivity contribution < 1.29 is 17.9 Å². The number of ether oxygens (including phenoxy) is 1. The van der Waals surface area contributed by atoms with Gasteiger partial charge in [0.25, 0.3) is 0 Å². The highest BCUT2D eigenvalue weighted by Crippen LogP contribution is 2.25.